The second-order valence-corrected chi connectivity index (χ2v) is 11.4. The van der Waals surface area contributed by atoms with Crippen LogP contribution in [0.25, 0.3) is 22.3 Å². The Morgan fingerprint density at radius 3 is 2.47 bits per heavy atom. The molecule has 0 saturated heterocycles. The minimum absolute atomic E-state index is 0.187. The molecule has 8 nitrogen and oxygen atoms in total. The first-order valence-electron chi connectivity index (χ1n) is 14.8. The minimum atomic E-state index is -0.304. The highest BCUT2D eigenvalue weighted by atomic mass is 35.5. The molecule has 0 aliphatic carbocycles. The van der Waals surface area contributed by atoms with Crippen molar-refractivity contribution >= 4 is 40.3 Å². The largest absolute Gasteiger partial charge is 0.494 e. The highest BCUT2D eigenvalue weighted by Crippen LogP contribution is 2.34. The lowest BCUT2D eigenvalue weighted by Crippen LogP contribution is -2.21. The molecule has 1 aromatic heterocycles. The molecule has 9 heteroatoms. The van der Waals surface area contributed by atoms with E-state index in [9.17, 15) is 9.59 Å². The van der Waals surface area contributed by atoms with Crippen LogP contribution in [0.3, 0.4) is 0 Å². The molecular weight excluding hydrogens is 588 g/mol. The summed E-state index contributed by atoms with van der Waals surface area (Å²) in [7, 11) is 0. The van der Waals surface area contributed by atoms with Crippen LogP contribution in [0.5, 0.6) is 11.5 Å². The normalized spacial score (nSPS) is 11.4. The Bertz CT molecular complexity index is 1950. The van der Waals surface area contributed by atoms with E-state index in [1.165, 1.54) is 4.68 Å². The van der Waals surface area contributed by atoms with Crippen LogP contribution < -0.4 is 20.3 Å². The predicted molar refractivity (Wildman–Crippen MR) is 181 cm³/mol. The van der Waals surface area contributed by atoms with Crippen molar-refractivity contribution in [1.82, 2.24) is 9.66 Å². The first-order valence-corrected chi connectivity index (χ1v) is 15.1. The van der Waals surface area contributed by atoms with E-state index >= 15 is 0 Å². The van der Waals surface area contributed by atoms with Gasteiger partial charge in [0, 0.05) is 11.3 Å². The maximum absolute atomic E-state index is 13.8. The van der Waals surface area contributed by atoms with Gasteiger partial charge in [0.1, 0.15) is 11.5 Å². The number of aryl methyl sites for hydroxylation is 2. The molecule has 1 N–H and O–H groups in total. The summed E-state index contributed by atoms with van der Waals surface area (Å²) < 4.78 is 12.9. The number of hydrogen-bond acceptors (Lipinski definition) is 6. The molecule has 0 aliphatic rings. The molecule has 0 aliphatic heterocycles. The average Bonchev–Trinajstić information content (AvgIpc) is 3.01. The van der Waals surface area contributed by atoms with Crippen LogP contribution >= 0.6 is 11.6 Å². The first-order chi connectivity index (χ1) is 21.6. The number of fused-ring (bicyclic) bond motifs is 1. The summed E-state index contributed by atoms with van der Waals surface area (Å²) in [5.74, 6) is 1.47. The zero-order valence-electron chi connectivity index (χ0n) is 25.9. The molecule has 4 aromatic carbocycles. The summed E-state index contributed by atoms with van der Waals surface area (Å²) in [6.45, 7) is 10.5. The number of para-hydroxylation sites is 1. The van der Waals surface area contributed by atoms with Crippen molar-refractivity contribution in [1.29, 1.82) is 0 Å². The van der Waals surface area contributed by atoms with Crippen molar-refractivity contribution in [3.05, 3.63) is 116 Å². The molecular formula is C36H35ClN4O4. The summed E-state index contributed by atoms with van der Waals surface area (Å²) in [5, 5.41) is 8.15. The Morgan fingerprint density at radius 1 is 1.00 bits per heavy atom. The van der Waals surface area contributed by atoms with Crippen LogP contribution in [0.4, 0.5) is 5.69 Å². The number of carbonyl (C=O) groups is 1. The second kappa shape index (κ2) is 13.8. The number of benzene rings is 4. The van der Waals surface area contributed by atoms with E-state index in [0.29, 0.717) is 45.4 Å². The molecule has 230 valence electrons. The lowest BCUT2D eigenvalue weighted by atomic mass is 9.96. The smallest absolute Gasteiger partial charge is 0.282 e. The molecule has 0 saturated carbocycles. The third-order valence-electron chi connectivity index (χ3n) is 7.25. The topological polar surface area (TPSA) is 94.8 Å². The number of ether oxygens (including phenoxy) is 2. The van der Waals surface area contributed by atoms with Crippen molar-refractivity contribution in [2.24, 2.45) is 5.10 Å². The van der Waals surface area contributed by atoms with Crippen molar-refractivity contribution in [2.45, 2.75) is 40.5 Å². The van der Waals surface area contributed by atoms with E-state index in [0.717, 1.165) is 28.0 Å². The van der Waals surface area contributed by atoms with Crippen LogP contribution in [-0.4, -0.2) is 35.0 Å². The molecule has 1 amide bonds. The highest BCUT2D eigenvalue weighted by Gasteiger charge is 2.18. The van der Waals surface area contributed by atoms with Gasteiger partial charge < -0.3 is 14.8 Å². The van der Waals surface area contributed by atoms with Gasteiger partial charge in [0.05, 0.1) is 28.7 Å². The number of aromatic nitrogens is 2. The molecule has 0 fully saturated rings. The van der Waals surface area contributed by atoms with Crippen molar-refractivity contribution in [3.63, 3.8) is 0 Å². The zero-order valence-corrected chi connectivity index (χ0v) is 26.7. The number of rotatable bonds is 10. The molecule has 0 bridgehead atoms. The number of anilines is 1. The Balaban J connectivity index is 1.45. The van der Waals surface area contributed by atoms with Crippen LogP contribution in [0.15, 0.2) is 88.8 Å². The lowest BCUT2D eigenvalue weighted by Gasteiger charge is -2.18. The highest BCUT2D eigenvalue weighted by molar-refractivity contribution is 6.32. The Labute approximate surface area is 267 Å². The van der Waals surface area contributed by atoms with Gasteiger partial charge in [-0.2, -0.15) is 9.78 Å². The van der Waals surface area contributed by atoms with Gasteiger partial charge in [0.25, 0.3) is 11.5 Å². The van der Waals surface area contributed by atoms with Gasteiger partial charge in [0.15, 0.2) is 12.4 Å². The molecule has 0 unspecified atom stereocenters. The molecule has 5 aromatic rings. The molecule has 0 radical (unpaired) electrons. The minimum Gasteiger partial charge on any atom is -0.494 e. The van der Waals surface area contributed by atoms with E-state index in [1.807, 2.05) is 69.3 Å². The Hall–Kier alpha value is -4.95. The average molecular weight is 623 g/mol. The SMILES string of the molecule is CCOc1cc(C)c(-c2nc3ccccc3c(=O)n2N=Cc2ccc(OCC(=O)Nc3ccc(C)cc3)c(Cl)c2)cc1C(C)C. The molecule has 0 atom stereocenters. The zero-order chi connectivity index (χ0) is 32.1. The number of halogens is 1. The van der Waals surface area contributed by atoms with Gasteiger partial charge in [-0.1, -0.05) is 55.3 Å². The van der Waals surface area contributed by atoms with Crippen LogP contribution in [-0.2, 0) is 4.79 Å². The summed E-state index contributed by atoms with van der Waals surface area (Å²) in [6.07, 6.45) is 1.55. The number of nitrogens with one attached hydrogen (secondary N) is 1. The van der Waals surface area contributed by atoms with E-state index in [2.05, 4.69) is 24.3 Å². The third kappa shape index (κ3) is 7.24. The molecule has 0 spiro atoms. The third-order valence-corrected chi connectivity index (χ3v) is 7.54. The fourth-order valence-electron chi connectivity index (χ4n) is 4.89. The van der Waals surface area contributed by atoms with Crippen LogP contribution in [0.2, 0.25) is 5.02 Å². The monoisotopic (exact) mass is 622 g/mol. The number of nitrogens with zero attached hydrogens (tertiary/aromatic N) is 3. The van der Waals surface area contributed by atoms with Crippen molar-refractivity contribution < 1.29 is 14.3 Å². The van der Waals surface area contributed by atoms with Gasteiger partial charge >= 0.3 is 0 Å². The van der Waals surface area contributed by atoms with E-state index in [-0.39, 0.29) is 24.0 Å². The fraction of sp³-hybridized carbons (Fsp3) is 0.222. The van der Waals surface area contributed by atoms with Crippen LogP contribution in [0, 0.1) is 13.8 Å². The molecule has 1 heterocycles. The van der Waals surface area contributed by atoms with Crippen LogP contribution in [0.1, 0.15) is 48.9 Å². The number of hydrogen-bond donors (Lipinski definition) is 1. The van der Waals surface area contributed by atoms with E-state index in [1.54, 1.807) is 36.5 Å². The number of carbonyl (C=O) groups excluding carboxylic acids is 1. The summed E-state index contributed by atoms with van der Waals surface area (Å²) in [5.41, 5.74) is 5.42. The van der Waals surface area contributed by atoms with Gasteiger partial charge in [0.2, 0.25) is 0 Å². The quantitative estimate of drug-likeness (QED) is 0.161. The number of amides is 1. The maximum Gasteiger partial charge on any atom is 0.282 e. The second-order valence-electron chi connectivity index (χ2n) is 11.0. The fourth-order valence-corrected chi connectivity index (χ4v) is 5.14. The Kier molecular flexibility index (Phi) is 9.64. The maximum atomic E-state index is 13.8. The lowest BCUT2D eigenvalue weighted by molar-refractivity contribution is -0.118. The first kappa shape index (κ1) is 31.5. The van der Waals surface area contributed by atoms with Gasteiger partial charge in [-0.25, -0.2) is 4.98 Å². The summed E-state index contributed by atoms with van der Waals surface area (Å²) in [6, 6.07) is 23.8. The van der Waals surface area contributed by atoms with E-state index in [4.69, 9.17) is 26.1 Å². The van der Waals surface area contributed by atoms with Gasteiger partial charge in [-0.05, 0) is 98.0 Å². The van der Waals surface area contributed by atoms with Gasteiger partial charge in [-0.3, -0.25) is 9.59 Å². The Morgan fingerprint density at radius 2 is 1.76 bits per heavy atom. The predicted octanol–water partition coefficient (Wildman–Crippen LogP) is 7.76. The standard InChI is InChI=1S/C36H35ClN4O4/c1-6-44-33-17-24(5)29(19-28(33)22(2)3)35-40-31-10-8-7-9-27(31)36(43)41(35)38-20-25-13-16-32(30(37)18-25)45-21-34(42)39-26-14-11-23(4)12-15-26/h7-20,22H,6,21H2,1-5H3,(H,39,42). The van der Waals surface area contributed by atoms with Gasteiger partial charge in [-0.15, -0.1) is 0 Å². The molecule has 45 heavy (non-hydrogen) atoms. The van der Waals surface area contributed by atoms with E-state index < -0.39 is 0 Å². The van der Waals surface area contributed by atoms with Crippen molar-refractivity contribution in [3.8, 4) is 22.9 Å². The summed E-state index contributed by atoms with van der Waals surface area (Å²) in [4.78, 5) is 31.0. The van der Waals surface area contributed by atoms with Crippen molar-refractivity contribution in [2.75, 3.05) is 18.5 Å². The molecule has 5 rings (SSSR count). The summed E-state index contributed by atoms with van der Waals surface area (Å²) >= 11 is 6.51.